The summed E-state index contributed by atoms with van der Waals surface area (Å²) < 4.78 is 38.9. The van der Waals surface area contributed by atoms with E-state index in [2.05, 4.69) is 0 Å². The Labute approximate surface area is 167 Å². The third-order valence-corrected chi connectivity index (χ3v) is 7.41. The molecule has 3 rings (SSSR count). The first-order valence-corrected chi connectivity index (χ1v) is 11.3. The fourth-order valence-corrected chi connectivity index (χ4v) is 5.51. The molecule has 28 heavy (non-hydrogen) atoms. The topological polar surface area (TPSA) is 76.2 Å². The molecule has 1 aromatic carbocycles. The van der Waals surface area contributed by atoms with Crippen molar-refractivity contribution in [3.8, 4) is 5.75 Å². The van der Waals surface area contributed by atoms with E-state index in [-0.39, 0.29) is 29.2 Å². The molecule has 156 valence electrons. The molecule has 8 heteroatoms. The average molecular weight is 411 g/mol. The highest BCUT2D eigenvalue weighted by Gasteiger charge is 2.36. The number of piperidine rings is 1. The Morgan fingerprint density at radius 1 is 1.21 bits per heavy atom. The van der Waals surface area contributed by atoms with Crippen molar-refractivity contribution in [1.29, 1.82) is 0 Å². The molecule has 1 amide bonds. The van der Waals surface area contributed by atoms with Gasteiger partial charge in [-0.1, -0.05) is 19.9 Å². The maximum absolute atomic E-state index is 13.4. The lowest BCUT2D eigenvalue weighted by Gasteiger charge is -2.35. The van der Waals surface area contributed by atoms with Crippen molar-refractivity contribution in [2.75, 3.05) is 46.5 Å². The summed E-state index contributed by atoms with van der Waals surface area (Å²) >= 11 is 0. The summed E-state index contributed by atoms with van der Waals surface area (Å²) in [6.45, 7) is 6.92. The third kappa shape index (κ3) is 4.34. The van der Waals surface area contributed by atoms with Crippen LogP contribution >= 0.6 is 0 Å². The molecule has 1 atom stereocenters. The number of rotatable bonds is 5. The van der Waals surface area contributed by atoms with Gasteiger partial charge in [-0.3, -0.25) is 4.79 Å². The predicted octanol–water partition coefficient (Wildman–Crippen LogP) is 2.08. The van der Waals surface area contributed by atoms with Crippen LogP contribution in [-0.4, -0.2) is 70.0 Å². The van der Waals surface area contributed by atoms with Crippen LogP contribution in [0.4, 0.5) is 0 Å². The Morgan fingerprint density at radius 2 is 1.93 bits per heavy atom. The van der Waals surface area contributed by atoms with Gasteiger partial charge in [0.25, 0.3) is 0 Å². The molecule has 0 bridgehead atoms. The molecule has 0 unspecified atom stereocenters. The number of benzene rings is 1. The SMILES string of the molecule is COc1ccc(C(C)C)cc1S(=O)(=O)N1CCC[C@@H](C(=O)N2CCOCC2)C1. The number of amides is 1. The molecule has 0 N–H and O–H groups in total. The smallest absolute Gasteiger partial charge is 0.246 e. The van der Waals surface area contributed by atoms with E-state index in [1.54, 1.807) is 17.0 Å². The van der Waals surface area contributed by atoms with Gasteiger partial charge in [0, 0.05) is 26.2 Å². The van der Waals surface area contributed by atoms with E-state index in [1.807, 2.05) is 19.9 Å². The average Bonchev–Trinajstić information content (AvgIpc) is 2.73. The summed E-state index contributed by atoms with van der Waals surface area (Å²) in [5, 5.41) is 0. The molecule has 1 aromatic rings. The molecular weight excluding hydrogens is 380 g/mol. The molecule has 0 saturated carbocycles. The summed E-state index contributed by atoms with van der Waals surface area (Å²) in [4.78, 5) is 14.8. The van der Waals surface area contributed by atoms with Crippen LogP contribution in [0.25, 0.3) is 0 Å². The highest BCUT2D eigenvalue weighted by Crippen LogP contribution is 2.32. The predicted molar refractivity (Wildman–Crippen MR) is 106 cm³/mol. The first-order chi connectivity index (χ1) is 13.3. The van der Waals surface area contributed by atoms with E-state index >= 15 is 0 Å². The van der Waals surface area contributed by atoms with Crippen LogP contribution in [0.1, 0.15) is 38.2 Å². The molecule has 7 nitrogen and oxygen atoms in total. The number of carbonyl (C=O) groups excluding carboxylic acids is 1. The Kier molecular flexibility index (Phi) is 6.62. The summed E-state index contributed by atoms with van der Waals surface area (Å²) in [6, 6.07) is 5.30. The molecule has 0 radical (unpaired) electrons. The van der Waals surface area contributed by atoms with E-state index in [1.165, 1.54) is 11.4 Å². The highest BCUT2D eigenvalue weighted by molar-refractivity contribution is 7.89. The number of methoxy groups -OCH3 is 1. The van der Waals surface area contributed by atoms with Gasteiger partial charge in [0.2, 0.25) is 15.9 Å². The summed E-state index contributed by atoms with van der Waals surface area (Å²) in [6.07, 6.45) is 1.39. The number of carbonyl (C=O) groups is 1. The fourth-order valence-electron chi connectivity index (χ4n) is 3.80. The lowest BCUT2D eigenvalue weighted by atomic mass is 9.98. The Bertz CT molecular complexity index is 803. The highest BCUT2D eigenvalue weighted by atomic mass is 32.2. The maximum atomic E-state index is 13.4. The number of sulfonamides is 1. The zero-order chi connectivity index (χ0) is 20.3. The van der Waals surface area contributed by atoms with Crippen LogP contribution in [0, 0.1) is 5.92 Å². The quantitative estimate of drug-likeness (QED) is 0.743. The molecule has 2 fully saturated rings. The van der Waals surface area contributed by atoms with Crippen molar-refractivity contribution in [2.24, 2.45) is 5.92 Å². The summed E-state index contributed by atoms with van der Waals surface area (Å²) in [5.41, 5.74) is 0.942. The maximum Gasteiger partial charge on any atom is 0.246 e. The second-order valence-electron chi connectivity index (χ2n) is 7.70. The number of hydrogen-bond acceptors (Lipinski definition) is 5. The normalized spacial score (nSPS) is 21.7. The molecule has 2 aliphatic rings. The van der Waals surface area contributed by atoms with Crippen LogP contribution in [0.2, 0.25) is 0 Å². The lowest BCUT2D eigenvalue weighted by Crippen LogP contribution is -2.49. The molecular formula is C20H30N2O5S. The largest absolute Gasteiger partial charge is 0.495 e. The monoisotopic (exact) mass is 410 g/mol. The lowest BCUT2D eigenvalue weighted by molar-refractivity contribution is -0.140. The second-order valence-corrected chi connectivity index (χ2v) is 9.61. The van der Waals surface area contributed by atoms with Crippen LogP contribution in [0.3, 0.4) is 0 Å². The van der Waals surface area contributed by atoms with Gasteiger partial charge < -0.3 is 14.4 Å². The Morgan fingerprint density at radius 3 is 2.57 bits per heavy atom. The van der Waals surface area contributed by atoms with Crippen molar-refractivity contribution in [3.05, 3.63) is 23.8 Å². The number of ether oxygens (including phenoxy) is 2. The van der Waals surface area contributed by atoms with Crippen LogP contribution < -0.4 is 4.74 Å². The van der Waals surface area contributed by atoms with E-state index in [0.29, 0.717) is 51.4 Å². The zero-order valence-electron chi connectivity index (χ0n) is 16.9. The van der Waals surface area contributed by atoms with Gasteiger partial charge in [-0.25, -0.2) is 8.42 Å². The first kappa shape index (κ1) is 21.1. The summed E-state index contributed by atoms with van der Waals surface area (Å²) in [7, 11) is -2.27. The molecule has 0 aromatic heterocycles. The van der Waals surface area contributed by atoms with Crippen LogP contribution in [-0.2, 0) is 19.6 Å². The van der Waals surface area contributed by atoms with Gasteiger partial charge in [-0.2, -0.15) is 4.31 Å². The molecule has 2 heterocycles. The van der Waals surface area contributed by atoms with Gasteiger partial charge in [-0.05, 0) is 36.5 Å². The second kappa shape index (κ2) is 8.80. The van der Waals surface area contributed by atoms with E-state index in [0.717, 1.165) is 5.56 Å². The minimum Gasteiger partial charge on any atom is -0.495 e. The molecule has 2 aliphatic heterocycles. The van der Waals surface area contributed by atoms with Crippen molar-refractivity contribution < 1.29 is 22.7 Å². The van der Waals surface area contributed by atoms with Gasteiger partial charge >= 0.3 is 0 Å². The van der Waals surface area contributed by atoms with Crippen molar-refractivity contribution in [3.63, 3.8) is 0 Å². The van der Waals surface area contributed by atoms with Gasteiger partial charge in [0.05, 0.1) is 26.2 Å². The number of nitrogens with zero attached hydrogens (tertiary/aromatic N) is 2. The fraction of sp³-hybridized carbons (Fsp3) is 0.650. The van der Waals surface area contributed by atoms with E-state index in [4.69, 9.17) is 9.47 Å². The Hall–Kier alpha value is -1.64. The Balaban J connectivity index is 1.83. The minimum atomic E-state index is -3.75. The van der Waals surface area contributed by atoms with Crippen molar-refractivity contribution in [2.45, 2.75) is 37.5 Å². The molecule has 0 spiro atoms. The zero-order valence-corrected chi connectivity index (χ0v) is 17.7. The van der Waals surface area contributed by atoms with E-state index in [9.17, 15) is 13.2 Å². The first-order valence-electron chi connectivity index (χ1n) is 9.89. The third-order valence-electron chi connectivity index (χ3n) is 5.53. The van der Waals surface area contributed by atoms with E-state index < -0.39 is 10.0 Å². The number of hydrogen-bond donors (Lipinski definition) is 0. The standard InChI is InChI=1S/C20H30N2O5S/c1-15(2)16-6-7-18(26-3)19(13-16)28(24,25)22-8-4-5-17(14-22)20(23)21-9-11-27-12-10-21/h6-7,13,15,17H,4-5,8-12,14H2,1-3H3/t17-/m1/s1. The van der Waals surface area contributed by atoms with Crippen LogP contribution in [0.5, 0.6) is 5.75 Å². The minimum absolute atomic E-state index is 0.0334. The van der Waals surface area contributed by atoms with Gasteiger partial charge in [0.15, 0.2) is 0 Å². The van der Waals surface area contributed by atoms with Gasteiger partial charge in [-0.15, -0.1) is 0 Å². The van der Waals surface area contributed by atoms with Gasteiger partial charge in [0.1, 0.15) is 10.6 Å². The molecule has 0 aliphatic carbocycles. The molecule has 2 saturated heterocycles. The number of morpholine rings is 1. The van der Waals surface area contributed by atoms with Crippen molar-refractivity contribution in [1.82, 2.24) is 9.21 Å². The van der Waals surface area contributed by atoms with Crippen molar-refractivity contribution >= 4 is 15.9 Å². The van der Waals surface area contributed by atoms with Crippen LogP contribution in [0.15, 0.2) is 23.1 Å². The summed E-state index contributed by atoms with van der Waals surface area (Å²) in [5.74, 6) is 0.273.